The largest absolute Gasteiger partial charge is 0.383 e. The number of carbonyl (C=O) groups is 1. The zero-order chi connectivity index (χ0) is 21.7. The van der Waals surface area contributed by atoms with E-state index >= 15 is 0 Å². The smallest absolute Gasteiger partial charge is 0.192 e. The van der Waals surface area contributed by atoms with Gasteiger partial charge in [-0.25, -0.2) is 0 Å². The van der Waals surface area contributed by atoms with E-state index in [0.29, 0.717) is 16.7 Å². The lowest BCUT2D eigenvalue weighted by Crippen LogP contribution is -2.14. The highest BCUT2D eigenvalue weighted by Crippen LogP contribution is 2.51. The van der Waals surface area contributed by atoms with Crippen LogP contribution in [0.4, 0.5) is 17.1 Å². The standard InChI is InChI=1S/C28H19NO2S/c30-27-20-10-4-5-11-21(20)28(31)22(27)16-18-14-15-24-26(17-18)32-25-13-7-6-12-23(25)29(24)19-8-2-1-3-9-19/h1-17,27,30H/b22-16-. The Kier molecular flexibility index (Phi) is 4.49. The lowest BCUT2D eigenvalue weighted by atomic mass is 10.0. The maximum atomic E-state index is 12.9. The molecule has 1 aliphatic heterocycles. The number of fused-ring (bicyclic) bond motifs is 3. The molecule has 0 saturated carbocycles. The number of aliphatic hydroxyl groups excluding tert-OH is 1. The Morgan fingerprint density at radius 2 is 1.50 bits per heavy atom. The highest BCUT2D eigenvalue weighted by molar-refractivity contribution is 7.99. The molecule has 0 radical (unpaired) electrons. The average Bonchev–Trinajstić information content (AvgIpc) is 3.08. The van der Waals surface area contributed by atoms with E-state index in [1.54, 1.807) is 17.8 Å². The lowest BCUT2D eigenvalue weighted by Gasteiger charge is -2.33. The van der Waals surface area contributed by atoms with Gasteiger partial charge in [-0.1, -0.05) is 72.4 Å². The quantitative estimate of drug-likeness (QED) is 0.306. The van der Waals surface area contributed by atoms with E-state index in [1.807, 2.05) is 48.5 Å². The summed E-state index contributed by atoms with van der Waals surface area (Å²) in [6, 6.07) is 32.2. The number of hydrogen-bond acceptors (Lipinski definition) is 4. The molecule has 4 heteroatoms. The van der Waals surface area contributed by atoms with Crippen LogP contribution < -0.4 is 4.90 Å². The number of nitrogens with zero attached hydrogens (tertiary/aromatic N) is 1. The molecule has 2 aliphatic rings. The van der Waals surface area contributed by atoms with Gasteiger partial charge in [-0.2, -0.15) is 0 Å². The average molecular weight is 434 g/mol. The fourth-order valence-corrected chi connectivity index (χ4v) is 5.54. The van der Waals surface area contributed by atoms with Gasteiger partial charge in [-0.3, -0.25) is 4.79 Å². The fraction of sp³-hybridized carbons (Fsp3) is 0.0357. The van der Waals surface area contributed by atoms with Gasteiger partial charge in [0.2, 0.25) is 0 Å². The van der Waals surface area contributed by atoms with E-state index in [-0.39, 0.29) is 5.78 Å². The third-order valence-electron chi connectivity index (χ3n) is 5.94. The minimum absolute atomic E-state index is 0.102. The molecule has 0 aromatic heterocycles. The summed E-state index contributed by atoms with van der Waals surface area (Å²) in [4.78, 5) is 17.4. The minimum atomic E-state index is -0.885. The van der Waals surface area contributed by atoms with Crippen molar-refractivity contribution in [1.82, 2.24) is 0 Å². The maximum Gasteiger partial charge on any atom is 0.192 e. The first kappa shape index (κ1) is 19.1. The van der Waals surface area contributed by atoms with Crippen molar-refractivity contribution < 1.29 is 9.90 Å². The molecule has 1 heterocycles. The summed E-state index contributed by atoms with van der Waals surface area (Å²) in [6.07, 6.45) is 0.935. The van der Waals surface area contributed by atoms with Gasteiger partial charge in [0.15, 0.2) is 5.78 Å². The summed E-state index contributed by atoms with van der Waals surface area (Å²) in [7, 11) is 0. The van der Waals surface area contributed by atoms with E-state index in [2.05, 4.69) is 53.4 Å². The number of ketones is 1. The van der Waals surface area contributed by atoms with Gasteiger partial charge >= 0.3 is 0 Å². The van der Waals surface area contributed by atoms with Crippen molar-refractivity contribution in [3.63, 3.8) is 0 Å². The van der Waals surface area contributed by atoms with Crippen LogP contribution in [0.15, 0.2) is 112 Å². The maximum absolute atomic E-state index is 12.9. The normalized spacial score (nSPS) is 17.8. The zero-order valence-electron chi connectivity index (χ0n) is 17.1. The van der Waals surface area contributed by atoms with Crippen LogP contribution in [0, 0.1) is 0 Å². The number of Topliss-reactive ketones (excluding diaryl/α,β-unsaturated/α-hetero) is 1. The van der Waals surface area contributed by atoms with Gasteiger partial charge in [0, 0.05) is 26.6 Å². The first-order chi connectivity index (χ1) is 15.7. The Morgan fingerprint density at radius 3 is 2.34 bits per heavy atom. The first-order valence-corrected chi connectivity index (χ1v) is 11.3. The molecular weight excluding hydrogens is 414 g/mol. The molecule has 1 aliphatic carbocycles. The van der Waals surface area contributed by atoms with Crippen molar-refractivity contribution in [2.75, 3.05) is 4.90 Å². The second-order valence-electron chi connectivity index (χ2n) is 7.89. The van der Waals surface area contributed by atoms with Crippen molar-refractivity contribution in [1.29, 1.82) is 0 Å². The Morgan fingerprint density at radius 1 is 0.781 bits per heavy atom. The van der Waals surface area contributed by atoms with Gasteiger partial charge < -0.3 is 10.0 Å². The Labute approximate surface area is 190 Å². The minimum Gasteiger partial charge on any atom is -0.383 e. The van der Waals surface area contributed by atoms with E-state index in [0.717, 1.165) is 27.5 Å². The molecule has 0 saturated heterocycles. The van der Waals surface area contributed by atoms with Crippen LogP contribution in [0.3, 0.4) is 0 Å². The molecule has 0 fully saturated rings. The SMILES string of the molecule is O=C1/C(=C\c2ccc3c(c2)Sc2ccccc2N3c2ccccc2)C(O)c2ccccc21. The Hall–Kier alpha value is -3.60. The van der Waals surface area contributed by atoms with Crippen LogP contribution in [0.2, 0.25) is 0 Å². The van der Waals surface area contributed by atoms with E-state index in [4.69, 9.17) is 0 Å². The number of rotatable bonds is 2. The fourth-order valence-electron chi connectivity index (χ4n) is 4.43. The van der Waals surface area contributed by atoms with Crippen molar-refractivity contribution in [2.45, 2.75) is 15.9 Å². The van der Waals surface area contributed by atoms with Crippen molar-refractivity contribution in [3.8, 4) is 0 Å². The number of carbonyl (C=O) groups excluding carboxylic acids is 1. The molecular formula is C28H19NO2S. The van der Waals surface area contributed by atoms with Gasteiger partial charge in [0.25, 0.3) is 0 Å². The molecule has 4 aromatic rings. The predicted octanol–water partition coefficient (Wildman–Crippen LogP) is 6.93. The van der Waals surface area contributed by atoms with Crippen molar-refractivity contribution in [3.05, 3.63) is 119 Å². The summed E-state index contributed by atoms with van der Waals surface area (Å²) >= 11 is 1.72. The third-order valence-corrected chi connectivity index (χ3v) is 7.06. The molecule has 4 aromatic carbocycles. The number of benzene rings is 4. The van der Waals surface area contributed by atoms with E-state index in [9.17, 15) is 9.90 Å². The zero-order valence-corrected chi connectivity index (χ0v) is 17.9. The molecule has 3 nitrogen and oxygen atoms in total. The topological polar surface area (TPSA) is 40.5 Å². The third kappa shape index (κ3) is 3.00. The van der Waals surface area contributed by atoms with E-state index in [1.165, 1.54) is 4.90 Å². The molecule has 32 heavy (non-hydrogen) atoms. The molecule has 1 N–H and O–H groups in total. The summed E-state index contributed by atoms with van der Waals surface area (Å²) in [5.41, 5.74) is 5.95. The van der Waals surface area contributed by atoms with Crippen molar-refractivity contribution >= 4 is 40.7 Å². The number of hydrogen-bond donors (Lipinski definition) is 1. The monoisotopic (exact) mass is 433 g/mol. The summed E-state index contributed by atoms with van der Waals surface area (Å²) in [5.74, 6) is -0.102. The molecule has 154 valence electrons. The van der Waals surface area contributed by atoms with Crippen LogP contribution in [0.25, 0.3) is 6.08 Å². The van der Waals surface area contributed by atoms with Crippen molar-refractivity contribution in [2.24, 2.45) is 0 Å². The van der Waals surface area contributed by atoms with Crippen LogP contribution in [0.5, 0.6) is 0 Å². The Bertz CT molecular complexity index is 1390. The Balaban J connectivity index is 1.44. The highest BCUT2D eigenvalue weighted by Gasteiger charge is 2.33. The predicted molar refractivity (Wildman–Crippen MR) is 129 cm³/mol. The second-order valence-corrected chi connectivity index (χ2v) is 8.97. The van der Waals surface area contributed by atoms with Gasteiger partial charge in [0.1, 0.15) is 6.10 Å². The van der Waals surface area contributed by atoms with Gasteiger partial charge in [0.05, 0.1) is 11.4 Å². The molecule has 1 unspecified atom stereocenters. The number of para-hydroxylation sites is 2. The molecule has 1 atom stereocenters. The van der Waals surface area contributed by atoms with E-state index < -0.39 is 6.10 Å². The van der Waals surface area contributed by atoms with Crippen LogP contribution in [-0.4, -0.2) is 10.9 Å². The number of anilines is 3. The molecule has 0 amide bonds. The molecule has 6 rings (SSSR count). The highest BCUT2D eigenvalue weighted by atomic mass is 32.2. The lowest BCUT2D eigenvalue weighted by molar-refractivity contribution is 0.102. The summed E-state index contributed by atoms with van der Waals surface area (Å²) in [6.45, 7) is 0. The second kappa shape index (κ2) is 7.52. The molecule has 0 spiro atoms. The van der Waals surface area contributed by atoms with Crippen LogP contribution in [-0.2, 0) is 0 Å². The number of aliphatic hydroxyl groups is 1. The first-order valence-electron chi connectivity index (χ1n) is 10.5. The van der Waals surface area contributed by atoms with Gasteiger partial charge in [-0.15, -0.1) is 0 Å². The summed E-state index contributed by atoms with van der Waals surface area (Å²) < 4.78 is 0. The van der Waals surface area contributed by atoms with Crippen LogP contribution >= 0.6 is 11.8 Å². The van der Waals surface area contributed by atoms with Crippen LogP contribution in [0.1, 0.15) is 27.6 Å². The van der Waals surface area contributed by atoms with Gasteiger partial charge in [-0.05, 0) is 53.6 Å². The molecule has 0 bridgehead atoms. The summed E-state index contributed by atoms with van der Waals surface area (Å²) in [5, 5.41) is 10.7.